The Hall–Kier alpha value is 0.930. The molecule has 11 N–H and O–H groups in total. The second kappa shape index (κ2) is 30.0. The average Bonchev–Trinajstić information content (AvgIpc) is 2.69. The van der Waals surface area contributed by atoms with Gasteiger partial charge in [0.2, 0.25) is 0 Å². The van der Waals surface area contributed by atoms with Gasteiger partial charge in [0.25, 0.3) is 21.1 Å². The predicted octanol–water partition coefficient (Wildman–Crippen LogP) is -18.7. The molecule has 0 bridgehead atoms. The van der Waals surface area contributed by atoms with Crippen LogP contribution in [0.2, 0.25) is 0 Å². The molecular weight excluding hydrogens is 791 g/mol. The van der Waals surface area contributed by atoms with Crippen molar-refractivity contribution in [2.45, 2.75) is 65.8 Å². The second-order valence-corrected chi connectivity index (χ2v) is 11.8. The summed E-state index contributed by atoms with van der Waals surface area (Å²) in [7, 11) is 0. The van der Waals surface area contributed by atoms with Gasteiger partial charge in [0.05, 0.1) is 6.10 Å². The summed E-state index contributed by atoms with van der Waals surface area (Å²) in [5, 5.41) is 8.50. The number of nitrogens with two attached hydrogens (primary N) is 1. The number of hydrogen-bond acceptors (Lipinski definition) is 16. The summed E-state index contributed by atoms with van der Waals surface area (Å²) in [5.74, 6) is 0. The molecule has 206 valence electrons. The van der Waals surface area contributed by atoms with Gasteiger partial charge in [-0.3, -0.25) is 13.7 Å². The number of carbonyl (C=O) groups is 2. The molecular formula is C12H35I3N3O14-3. The Morgan fingerprint density at radius 2 is 1.25 bits per heavy atom. The molecule has 4 unspecified atom stereocenters. The number of hydrogen-bond donors (Lipinski definition) is 6. The molecule has 0 radical (unpaired) electrons. The molecule has 0 aliphatic carbocycles. The number of aliphatic hydroxyl groups excluding tert-OH is 1. The van der Waals surface area contributed by atoms with Crippen LogP contribution in [0, 0.1) is 0 Å². The van der Waals surface area contributed by atoms with Gasteiger partial charge in [-0.05, 0) is 27.7 Å². The van der Waals surface area contributed by atoms with Gasteiger partial charge >= 0.3 is 59.4 Å². The van der Waals surface area contributed by atoms with Crippen molar-refractivity contribution in [3.05, 3.63) is 0 Å². The SMILES string of the molecule is CC(N)C(C)O.CC1N[I-](O)(O)OC1C.CC=O.CC=O.N.O.[O-][I+2]([O-])[O-].[O-][I+3]([O-])([O-])[O-]. The van der Waals surface area contributed by atoms with Gasteiger partial charge in [-0.2, -0.15) is 0 Å². The first-order valence-electron chi connectivity index (χ1n) is 7.48. The Bertz CT molecular complexity index is 357. The van der Waals surface area contributed by atoms with Crippen molar-refractivity contribution in [2.24, 2.45) is 5.73 Å². The molecule has 20 heteroatoms. The summed E-state index contributed by atoms with van der Waals surface area (Å²) in [6.07, 6.45) is 1.06. The summed E-state index contributed by atoms with van der Waals surface area (Å²) in [4.78, 5) is 17.6. The fourth-order valence-electron chi connectivity index (χ4n) is 0.612. The molecule has 1 saturated heterocycles. The van der Waals surface area contributed by atoms with E-state index in [2.05, 4.69) is 3.53 Å². The van der Waals surface area contributed by atoms with Gasteiger partial charge in [0.1, 0.15) is 32.7 Å². The van der Waals surface area contributed by atoms with Crippen LogP contribution in [0.5, 0.6) is 0 Å². The molecule has 0 amide bonds. The van der Waals surface area contributed by atoms with Crippen molar-refractivity contribution < 1.29 is 115 Å². The summed E-state index contributed by atoms with van der Waals surface area (Å²) in [6.45, 7) is 10.0. The van der Waals surface area contributed by atoms with Crippen LogP contribution in [-0.4, -0.2) is 54.3 Å². The third-order valence-corrected chi connectivity index (χ3v) is 5.35. The van der Waals surface area contributed by atoms with E-state index in [4.69, 9.17) is 54.4 Å². The van der Waals surface area contributed by atoms with Crippen LogP contribution in [-0.2, 0) is 12.7 Å². The van der Waals surface area contributed by atoms with E-state index in [1.165, 1.54) is 13.8 Å². The van der Waals surface area contributed by atoms with E-state index in [-0.39, 0.29) is 35.9 Å². The maximum atomic E-state index is 8.94. The summed E-state index contributed by atoms with van der Waals surface area (Å²) in [6, 6.07) is -0.0265. The molecule has 0 spiro atoms. The van der Waals surface area contributed by atoms with Gasteiger partial charge < -0.3 is 42.4 Å². The summed E-state index contributed by atoms with van der Waals surface area (Å²) >= 11 is -13.8. The van der Waals surface area contributed by atoms with Crippen molar-refractivity contribution in [2.75, 3.05) is 0 Å². The standard InChI is InChI=1S/C4H11INO3.C4H11NO.2C2H4O.IO4.IO3.H3N.H2O/c1-3-4(2)9-5(7,8)6-3;1-3(5)4(2)6;2*1-2-3;2-1(3,4)5;2-1(3)4;;/h3-4,6-8H,1-2H3;3-4,6H,5H2,1-2H3;2*2H,1H3;;;1H3;1H2/q-1;;;;2*-1;;. The van der Waals surface area contributed by atoms with Crippen molar-refractivity contribution in [3.63, 3.8) is 0 Å². The van der Waals surface area contributed by atoms with E-state index >= 15 is 0 Å². The van der Waals surface area contributed by atoms with E-state index < -0.39 is 61.1 Å². The zero-order valence-electron chi connectivity index (χ0n) is 18.3. The maximum absolute atomic E-state index is 8.94. The van der Waals surface area contributed by atoms with E-state index in [1.54, 1.807) is 13.8 Å². The number of rotatable bonds is 1. The topological polar surface area (TPSA) is 370 Å². The first-order valence-corrected chi connectivity index (χ1v) is 17.5. The van der Waals surface area contributed by atoms with Crippen molar-refractivity contribution >= 4 is 12.6 Å². The smallest absolute Gasteiger partial charge is 0.282 e. The van der Waals surface area contributed by atoms with Crippen molar-refractivity contribution in [1.29, 1.82) is 0 Å². The minimum atomic E-state index is -5.94. The molecule has 1 aliphatic heterocycles. The Labute approximate surface area is 207 Å². The van der Waals surface area contributed by atoms with Crippen molar-refractivity contribution in [1.82, 2.24) is 9.68 Å². The molecule has 1 rings (SSSR count). The number of nitrogens with one attached hydrogen (secondary N) is 1. The summed E-state index contributed by atoms with van der Waals surface area (Å²) in [5.41, 5.74) is 5.19. The molecule has 17 nitrogen and oxygen atoms in total. The van der Waals surface area contributed by atoms with Crippen LogP contribution in [0.1, 0.15) is 41.5 Å². The third kappa shape index (κ3) is 77.3. The van der Waals surface area contributed by atoms with Crippen molar-refractivity contribution in [3.8, 4) is 0 Å². The van der Waals surface area contributed by atoms with Crippen LogP contribution >= 0.6 is 0 Å². The van der Waals surface area contributed by atoms with E-state index in [1.807, 2.05) is 13.8 Å². The first-order chi connectivity index (χ1) is 13.2. The minimum absolute atomic E-state index is 0. The Balaban J connectivity index is -0.0000000488. The zero-order valence-corrected chi connectivity index (χ0v) is 24.8. The zero-order chi connectivity index (χ0) is 25.7. The quantitative estimate of drug-likeness (QED) is 0.0812. The van der Waals surface area contributed by atoms with Crippen LogP contribution in [0.3, 0.4) is 0 Å². The number of carbonyl (C=O) groups excluding carboxylic acids is 2. The van der Waals surface area contributed by atoms with Gasteiger partial charge in [-0.15, -0.1) is 0 Å². The predicted molar refractivity (Wildman–Crippen MR) is 85.0 cm³/mol. The number of aldehydes is 2. The van der Waals surface area contributed by atoms with Gasteiger partial charge in [0.15, 0.2) is 0 Å². The largest absolute Gasteiger partial charge is 0.427 e. The Morgan fingerprint density at radius 1 is 1.06 bits per heavy atom. The van der Waals surface area contributed by atoms with Gasteiger partial charge in [-0.25, -0.2) is 0 Å². The van der Waals surface area contributed by atoms with E-state index in [9.17, 15) is 0 Å². The number of halogens is 3. The molecule has 0 aromatic heterocycles. The average molecular weight is 826 g/mol. The monoisotopic (exact) mass is 826 g/mol. The maximum Gasteiger partial charge on any atom is 0.282 e. The first kappa shape index (κ1) is 49.9. The molecule has 0 aromatic rings. The van der Waals surface area contributed by atoms with Crippen LogP contribution in [0.15, 0.2) is 0 Å². The molecule has 4 atom stereocenters. The molecule has 1 fully saturated rings. The van der Waals surface area contributed by atoms with Crippen LogP contribution < -0.4 is 101 Å². The Kier molecular flexibility index (Phi) is 46.8. The summed E-state index contributed by atoms with van der Waals surface area (Å²) < 4.78 is 85.5. The van der Waals surface area contributed by atoms with Crippen LogP contribution in [0.4, 0.5) is 0 Å². The second-order valence-electron chi connectivity index (χ2n) is 4.79. The molecule has 0 saturated carbocycles. The van der Waals surface area contributed by atoms with E-state index in [0.29, 0.717) is 0 Å². The fourth-order valence-corrected chi connectivity index (χ4v) is 4.10. The molecule has 32 heavy (non-hydrogen) atoms. The van der Waals surface area contributed by atoms with Crippen LogP contribution in [0.25, 0.3) is 0 Å². The Morgan fingerprint density at radius 3 is 1.28 bits per heavy atom. The number of aliphatic hydroxyl groups is 1. The molecule has 1 aliphatic rings. The normalized spacial score (nSPS) is 20.2. The fraction of sp³-hybridized carbons (Fsp3) is 0.833. The minimum Gasteiger partial charge on any atom is -0.427 e. The van der Waals surface area contributed by atoms with Gasteiger partial charge in [0, 0.05) is 6.04 Å². The van der Waals surface area contributed by atoms with Gasteiger partial charge in [-0.1, -0.05) is 0 Å². The van der Waals surface area contributed by atoms with E-state index in [0.717, 1.165) is 12.6 Å². The molecule has 1 heterocycles. The molecule has 0 aromatic carbocycles. The third-order valence-electron chi connectivity index (χ3n) is 2.04.